The summed E-state index contributed by atoms with van der Waals surface area (Å²) in [6.07, 6.45) is 0. The van der Waals surface area contributed by atoms with Gasteiger partial charge in [-0.25, -0.2) is 0 Å². The van der Waals surface area contributed by atoms with E-state index in [-0.39, 0.29) is 18.4 Å². The van der Waals surface area contributed by atoms with E-state index in [0.717, 1.165) is 23.4 Å². The number of nitrogens with zero attached hydrogens (tertiary/aromatic N) is 1. The molecule has 0 saturated carbocycles. The van der Waals surface area contributed by atoms with E-state index in [4.69, 9.17) is 5.73 Å². The fourth-order valence-corrected chi connectivity index (χ4v) is 3.15. The number of carbonyl (C=O) groups is 3. The standard InChI is InChI=1S/C25H26N4O3/c1-29(2)16-17-6-12-22(13-7-17)28-25(32)21-5-3-4-18(14-21)15-27-24(31)20-10-8-19(9-11-20)23(26)30/h3-14H,15-16H2,1-2H3,(H2,26,30)(H,27,31)(H,28,32). The second-order valence-corrected chi connectivity index (χ2v) is 7.71. The van der Waals surface area contributed by atoms with E-state index in [1.807, 2.05) is 44.4 Å². The van der Waals surface area contributed by atoms with Gasteiger partial charge in [0, 0.05) is 35.5 Å². The lowest BCUT2D eigenvalue weighted by Crippen LogP contribution is -2.23. The Balaban J connectivity index is 1.59. The molecule has 4 N–H and O–H groups in total. The van der Waals surface area contributed by atoms with Crippen LogP contribution >= 0.6 is 0 Å². The van der Waals surface area contributed by atoms with Gasteiger partial charge in [-0.1, -0.05) is 24.3 Å². The lowest BCUT2D eigenvalue weighted by molar-refractivity contribution is 0.0948. The molecule has 3 rings (SSSR count). The number of nitrogens with one attached hydrogen (secondary N) is 2. The highest BCUT2D eigenvalue weighted by Gasteiger charge is 2.10. The summed E-state index contributed by atoms with van der Waals surface area (Å²) in [5, 5.41) is 5.70. The maximum Gasteiger partial charge on any atom is 0.255 e. The first-order valence-corrected chi connectivity index (χ1v) is 10.1. The summed E-state index contributed by atoms with van der Waals surface area (Å²) in [5.41, 5.74) is 9.14. The minimum absolute atomic E-state index is 0.222. The Morgan fingerprint density at radius 2 is 1.44 bits per heavy atom. The van der Waals surface area contributed by atoms with Crippen LogP contribution in [0.15, 0.2) is 72.8 Å². The molecule has 3 amide bonds. The lowest BCUT2D eigenvalue weighted by atomic mass is 10.1. The highest BCUT2D eigenvalue weighted by Crippen LogP contribution is 2.13. The molecule has 164 valence electrons. The summed E-state index contributed by atoms with van der Waals surface area (Å²) in [4.78, 5) is 38.2. The highest BCUT2D eigenvalue weighted by atomic mass is 16.2. The molecule has 32 heavy (non-hydrogen) atoms. The van der Waals surface area contributed by atoms with Crippen LogP contribution in [0.3, 0.4) is 0 Å². The molecule has 0 unspecified atom stereocenters. The van der Waals surface area contributed by atoms with E-state index >= 15 is 0 Å². The zero-order valence-corrected chi connectivity index (χ0v) is 18.1. The molecule has 3 aromatic carbocycles. The van der Waals surface area contributed by atoms with E-state index < -0.39 is 5.91 Å². The van der Waals surface area contributed by atoms with Crippen molar-refractivity contribution < 1.29 is 14.4 Å². The van der Waals surface area contributed by atoms with E-state index in [2.05, 4.69) is 15.5 Å². The van der Waals surface area contributed by atoms with Crippen LogP contribution in [0.2, 0.25) is 0 Å². The smallest absolute Gasteiger partial charge is 0.255 e. The maximum absolute atomic E-state index is 12.6. The molecule has 0 spiro atoms. The largest absolute Gasteiger partial charge is 0.366 e. The molecule has 0 bridgehead atoms. The minimum Gasteiger partial charge on any atom is -0.366 e. The Morgan fingerprint density at radius 1 is 0.781 bits per heavy atom. The average Bonchev–Trinajstić information content (AvgIpc) is 2.78. The van der Waals surface area contributed by atoms with Gasteiger partial charge in [0.25, 0.3) is 11.8 Å². The summed E-state index contributed by atoms with van der Waals surface area (Å²) in [6, 6.07) is 20.9. The van der Waals surface area contributed by atoms with Crippen molar-refractivity contribution in [3.63, 3.8) is 0 Å². The van der Waals surface area contributed by atoms with Crippen LogP contribution in [-0.4, -0.2) is 36.7 Å². The predicted octanol–water partition coefficient (Wildman–Crippen LogP) is 3.03. The molecule has 0 aliphatic carbocycles. The van der Waals surface area contributed by atoms with Crippen molar-refractivity contribution >= 4 is 23.4 Å². The quantitative estimate of drug-likeness (QED) is 0.511. The predicted molar refractivity (Wildman–Crippen MR) is 124 cm³/mol. The molecule has 7 nitrogen and oxygen atoms in total. The van der Waals surface area contributed by atoms with E-state index in [1.165, 1.54) is 12.1 Å². The molecule has 0 aliphatic heterocycles. The summed E-state index contributed by atoms with van der Waals surface area (Å²) < 4.78 is 0. The Labute approximate surface area is 187 Å². The first kappa shape index (κ1) is 22.7. The Morgan fingerprint density at radius 3 is 2.06 bits per heavy atom. The van der Waals surface area contributed by atoms with Crippen LogP contribution in [0.4, 0.5) is 5.69 Å². The third-order valence-corrected chi connectivity index (χ3v) is 4.78. The number of hydrogen-bond donors (Lipinski definition) is 3. The summed E-state index contributed by atoms with van der Waals surface area (Å²) in [7, 11) is 4.01. The van der Waals surface area contributed by atoms with Crippen molar-refractivity contribution in [3.8, 4) is 0 Å². The zero-order valence-electron chi connectivity index (χ0n) is 18.1. The van der Waals surface area contributed by atoms with Crippen LogP contribution in [0.1, 0.15) is 42.2 Å². The van der Waals surface area contributed by atoms with Crippen molar-refractivity contribution in [2.75, 3.05) is 19.4 Å². The van der Waals surface area contributed by atoms with Crippen LogP contribution in [-0.2, 0) is 13.1 Å². The van der Waals surface area contributed by atoms with Crippen molar-refractivity contribution in [3.05, 3.63) is 101 Å². The second kappa shape index (κ2) is 10.4. The van der Waals surface area contributed by atoms with Crippen LogP contribution in [0.5, 0.6) is 0 Å². The van der Waals surface area contributed by atoms with Gasteiger partial charge in [0.15, 0.2) is 0 Å². The van der Waals surface area contributed by atoms with Gasteiger partial charge in [0.05, 0.1) is 0 Å². The van der Waals surface area contributed by atoms with Crippen molar-refractivity contribution in [1.82, 2.24) is 10.2 Å². The third-order valence-electron chi connectivity index (χ3n) is 4.78. The Kier molecular flexibility index (Phi) is 7.36. The summed E-state index contributed by atoms with van der Waals surface area (Å²) >= 11 is 0. The third kappa shape index (κ3) is 6.26. The number of benzene rings is 3. The average molecular weight is 431 g/mol. The second-order valence-electron chi connectivity index (χ2n) is 7.71. The molecule has 0 heterocycles. The van der Waals surface area contributed by atoms with E-state index in [9.17, 15) is 14.4 Å². The fourth-order valence-electron chi connectivity index (χ4n) is 3.15. The van der Waals surface area contributed by atoms with Crippen LogP contribution in [0, 0.1) is 0 Å². The molecular formula is C25H26N4O3. The maximum atomic E-state index is 12.6. The number of primary amides is 1. The number of hydrogen-bond acceptors (Lipinski definition) is 4. The Hall–Kier alpha value is -3.97. The summed E-state index contributed by atoms with van der Waals surface area (Å²) in [6.45, 7) is 1.09. The first-order valence-electron chi connectivity index (χ1n) is 10.1. The van der Waals surface area contributed by atoms with Gasteiger partial charge in [0.1, 0.15) is 0 Å². The molecule has 0 saturated heterocycles. The molecule has 0 atom stereocenters. The molecule has 0 aliphatic rings. The highest BCUT2D eigenvalue weighted by molar-refractivity contribution is 6.04. The van der Waals surface area contributed by atoms with Gasteiger partial charge >= 0.3 is 0 Å². The molecule has 3 aromatic rings. The number of carbonyl (C=O) groups excluding carboxylic acids is 3. The van der Waals surface area contributed by atoms with Gasteiger partial charge in [-0.3, -0.25) is 14.4 Å². The van der Waals surface area contributed by atoms with Gasteiger partial charge in [0.2, 0.25) is 5.91 Å². The fraction of sp³-hybridized carbons (Fsp3) is 0.160. The molecule has 7 heteroatoms. The van der Waals surface area contributed by atoms with Crippen molar-refractivity contribution in [2.45, 2.75) is 13.1 Å². The number of rotatable bonds is 8. The molecule has 0 fully saturated rings. The van der Waals surface area contributed by atoms with Gasteiger partial charge in [-0.15, -0.1) is 0 Å². The monoisotopic (exact) mass is 430 g/mol. The van der Waals surface area contributed by atoms with Crippen molar-refractivity contribution in [2.24, 2.45) is 5.73 Å². The van der Waals surface area contributed by atoms with Gasteiger partial charge in [-0.2, -0.15) is 0 Å². The molecular weight excluding hydrogens is 404 g/mol. The van der Waals surface area contributed by atoms with E-state index in [1.54, 1.807) is 30.3 Å². The normalized spacial score (nSPS) is 10.6. The first-order chi connectivity index (χ1) is 15.3. The number of nitrogens with two attached hydrogens (primary N) is 1. The minimum atomic E-state index is -0.545. The van der Waals surface area contributed by atoms with E-state index in [0.29, 0.717) is 16.7 Å². The topological polar surface area (TPSA) is 105 Å². The van der Waals surface area contributed by atoms with Crippen molar-refractivity contribution in [1.29, 1.82) is 0 Å². The number of anilines is 1. The Bertz CT molecular complexity index is 1110. The molecule has 0 aromatic heterocycles. The lowest BCUT2D eigenvalue weighted by Gasteiger charge is -2.11. The SMILES string of the molecule is CN(C)Cc1ccc(NC(=O)c2cccc(CNC(=O)c3ccc(C(N)=O)cc3)c2)cc1. The molecule has 0 radical (unpaired) electrons. The van der Waals surface area contributed by atoms with Gasteiger partial charge < -0.3 is 21.3 Å². The zero-order chi connectivity index (χ0) is 23.1. The number of amides is 3. The van der Waals surface area contributed by atoms with Gasteiger partial charge in [-0.05, 0) is 73.8 Å². The van der Waals surface area contributed by atoms with Crippen LogP contribution in [0.25, 0.3) is 0 Å². The van der Waals surface area contributed by atoms with Crippen LogP contribution < -0.4 is 16.4 Å². The summed E-state index contributed by atoms with van der Waals surface area (Å²) in [5.74, 6) is -1.05.